The summed E-state index contributed by atoms with van der Waals surface area (Å²) in [6.07, 6.45) is 3.05. The number of piperazine rings is 1. The second-order valence-corrected chi connectivity index (χ2v) is 7.93. The zero-order valence-electron chi connectivity index (χ0n) is 14.2. The lowest BCUT2D eigenvalue weighted by Gasteiger charge is -2.43. The van der Waals surface area contributed by atoms with E-state index in [2.05, 4.69) is 15.3 Å². The van der Waals surface area contributed by atoms with E-state index in [0.717, 1.165) is 32.4 Å². The largest absolute Gasteiger partial charge is 0.371 e. The summed E-state index contributed by atoms with van der Waals surface area (Å²) >= 11 is 0. The number of benzene rings is 1. The molecule has 1 amide bonds. The number of rotatable bonds is 1. The lowest BCUT2D eigenvalue weighted by atomic mass is 9.86. The number of hydrogen-bond acceptors (Lipinski definition) is 4. The van der Waals surface area contributed by atoms with Crippen LogP contribution in [0.25, 0.3) is 0 Å². The third kappa shape index (κ3) is 2.22. The Bertz CT molecular complexity index is 738. The highest BCUT2D eigenvalue weighted by molar-refractivity contribution is 5.85. The van der Waals surface area contributed by atoms with Crippen molar-refractivity contribution in [3.05, 3.63) is 29.8 Å². The fourth-order valence-corrected chi connectivity index (χ4v) is 4.86. The number of nitrogens with zero attached hydrogens (tertiary/aromatic N) is 3. The van der Waals surface area contributed by atoms with Crippen LogP contribution < -0.4 is 10.3 Å². The molecule has 5 nitrogen and oxygen atoms in total. The number of hydrazine groups is 1. The Labute approximate surface area is 145 Å². The quantitative estimate of drug-likeness (QED) is 0.832. The van der Waals surface area contributed by atoms with Gasteiger partial charge in [-0.05, 0) is 31.4 Å². The minimum Gasteiger partial charge on any atom is -0.371 e. The van der Waals surface area contributed by atoms with Gasteiger partial charge in [-0.3, -0.25) is 10.2 Å². The molecule has 4 fully saturated rings. The number of carbonyl (C=O) groups excluding carboxylic acids is 1. The van der Waals surface area contributed by atoms with Gasteiger partial charge in [0.05, 0.1) is 5.54 Å². The third-order valence-corrected chi connectivity index (χ3v) is 6.59. The maximum absolute atomic E-state index is 13.6. The lowest BCUT2D eigenvalue weighted by molar-refractivity contribution is -0.146. The smallest absolute Gasteiger partial charge is 0.242 e. The lowest BCUT2D eigenvalue weighted by Crippen LogP contribution is -2.63. The van der Waals surface area contributed by atoms with Crippen molar-refractivity contribution in [3.8, 4) is 0 Å². The highest BCUT2D eigenvalue weighted by Gasteiger charge is 2.60. The van der Waals surface area contributed by atoms with Crippen LogP contribution in [0.3, 0.4) is 0 Å². The van der Waals surface area contributed by atoms with Crippen molar-refractivity contribution in [1.82, 2.24) is 15.3 Å². The Morgan fingerprint density at radius 3 is 2.76 bits per heavy atom. The molecule has 1 spiro atoms. The van der Waals surface area contributed by atoms with Crippen molar-refractivity contribution < 1.29 is 13.6 Å². The van der Waals surface area contributed by atoms with Crippen LogP contribution in [0.1, 0.15) is 19.3 Å². The van der Waals surface area contributed by atoms with Crippen LogP contribution in [0, 0.1) is 17.6 Å². The van der Waals surface area contributed by atoms with Gasteiger partial charge in [0.1, 0.15) is 6.04 Å². The summed E-state index contributed by atoms with van der Waals surface area (Å²) in [5.41, 5.74) is 4.28. The van der Waals surface area contributed by atoms with E-state index in [0.29, 0.717) is 12.2 Å². The fourth-order valence-electron chi connectivity index (χ4n) is 4.86. The minimum atomic E-state index is -0.828. The van der Waals surface area contributed by atoms with Gasteiger partial charge in [0, 0.05) is 50.4 Å². The Morgan fingerprint density at radius 1 is 1.24 bits per heavy atom. The maximum atomic E-state index is 13.6. The third-order valence-electron chi connectivity index (χ3n) is 6.59. The summed E-state index contributed by atoms with van der Waals surface area (Å²) in [6, 6.07) is 4.16. The first-order chi connectivity index (χ1) is 12.0. The molecule has 1 saturated carbocycles. The van der Waals surface area contributed by atoms with Crippen LogP contribution in [0.5, 0.6) is 0 Å². The molecule has 25 heavy (non-hydrogen) atoms. The molecule has 3 heterocycles. The van der Waals surface area contributed by atoms with E-state index in [1.165, 1.54) is 12.1 Å². The number of halogens is 2. The average Bonchev–Trinajstić information content (AvgIpc) is 3.27. The Morgan fingerprint density at radius 2 is 2.04 bits per heavy atom. The van der Waals surface area contributed by atoms with Crippen molar-refractivity contribution in [3.63, 3.8) is 0 Å². The number of nitrogens with one attached hydrogen (secondary N) is 1. The number of likely N-dealkylation sites (N-methyl/N-ethyl adjacent to an activating group) is 1. The molecule has 1 aliphatic carbocycles. The molecule has 0 bridgehead atoms. The molecule has 1 aromatic carbocycles. The van der Waals surface area contributed by atoms with E-state index in [4.69, 9.17) is 0 Å². The minimum absolute atomic E-state index is 0.0356. The van der Waals surface area contributed by atoms with Gasteiger partial charge in [-0.1, -0.05) is 0 Å². The van der Waals surface area contributed by atoms with Crippen LogP contribution in [0.4, 0.5) is 14.5 Å². The molecule has 0 radical (unpaired) electrons. The predicted octanol–water partition coefficient (Wildman–Crippen LogP) is 1.35. The van der Waals surface area contributed by atoms with Crippen LogP contribution >= 0.6 is 0 Å². The highest BCUT2D eigenvalue weighted by Crippen LogP contribution is 2.47. The number of fused-ring (bicyclic) bond motifs is 3. The van der Waals surface area contributed by atoms with Gasteiger partial charge in [0.25, 0.3) is 0 Å². The SMILES string of the molecule is CN1C(=O)C2C3CN(c4ccc(F)c(F)c4)CCC3NN2CC12CC2. The van der Waals surface area contributed by atoms with Crippen molar-refractivity contribution >= 4 is 11.6 Å². The summed E-state index contributed by atoms with van der Waals surface area (Å²) < 4.78 is 26.8. The molecule has 4 aliphatic rings. The first-order valence-electron chi connectivity index (χ1n) is 8.99. The molecule has 1 aromatic rings. The molecule has 134 valence electrons. The van der Waals surface area contributed by atoms with Crippen molar-refractivity contribution in [1.29, 1.82) is 0 Å². The van der Waals surface area contributed by atoms with Gasteiger partial charge < -0.3 is 9.80 Å². The van der Waals surface area contributed by atoms with Crippen LogP contribution in [0.2, 0.25) is 0 Å². The van der Waals surface area contributed by atoms with Crippen molar-refractivity contribution in [2.75, 3.05) is 31.6 Å². The Kier molecular flexibility index (Phi) is 3.19. The number of carbonyl (C=O) groups is 1. The van der Waals surface area contributed by atoms with E-state index in [9.17, 15) is 13.6 Å². The Balaban J connectivity index is 1.40. The average molecular weight is 348 g/mol. The molecule has 3 saturated heterocycles. The topological polar surface area (TPSA) is 38.8 Å². The van der Waals surface area contributed by atoms with Gasteiger partial charge in [0.15, 0.2) is 11.6 Å². The highest BCUT2D eigenvalue weighted by atomic mass is 19.2. The first kappa shape index (κ1) is 15.5. The van der Waals surface area contributed by atoms with Crippen molar-refractivity contribution in [2.45, 2.75) is 36.9 Å². The molecule has 3 atom stereocenters. The Hall–Kier alpha value is -1.73. The zero-order chi connectivity index (χ0) is 17.3. The normalized spacial score (nSPS) is 33.6. The monoisotopic (exact) mass is 348 g/mol. The predicted molar refractivity (Wildman–Crippen MR) is 88.8 cm³/mol. The van der Waals surface area contributed by atoms with Crippen LogP contribution in [0.15, 0.2) is 18.2 Å². The van der Waals surface area contributed by atoms with E-state index < -0.39 is 11.6 Å². The molecular weight excluding hydrogens is 326 g/mol. The molecule has 3 aliphatic heterocycles. The molecule has 1 N–H and O–H groups in total. The summed E-state index contributed by atoms with van der Waals surface area (Å²) in [5.74, 6) is -1.30. The van der Waals surface area contributed by atoms with E-state index in [1.54, 1.807) is 6.07 Å². The van der Waals surface area contributed by atoms with Crippen LogP contribution in [-0.4, -0.2) is 60.1 Å². The number of anilines is 1. The maximum Gasteiger partial charge on any atom is 0.242 e. The number of amides is 1. The summed E-state index contributed by atoms with van der Waals surface area (Å²) in [7, 11) is 1.93. The summed E-state index contributed by atoms with van der Waals surface area (Å²) in [5, 5.41) is 2.15. The zero-order valence-corrected chi connectivity index (χ0v) is 14.2. The van der Waals surface area contributed by atoms with Gasteiger partial charge in [-0.25, -0.2) is 13.8 Å². The fraction of sp³-hybridized carbons (Fsp3) is 0.611. The molecule has 0 aromatic heterocycles. The van der Waals surface area contributed by atoms with E-state index in [-0.39, 0.29) is 29.4 Å². The van der Waals surface area contributed by atoms with Crippen LogP contribution in [-0.2, 0) is 4.79 Å². The molecular formula is C18H22F2N4O. The standard InChI is InChI=1S/C18H22F2N4O/c1-22-17(25)16-12-9-23(11-2-3-13(19)14(20)8-11)7-4-15(12)21-24(16)10-18(22)5-6-18/h2-3,8,12,15-16,21H,4-7,9-10H2,1H3. The molecule has 5 rings (SSSR count). The second-order valence-electron chi connectivity index (χ2n) is 7.93. The van der Waals surface area contributed by atoms with Crippen molar-refractivity contribution in [2.24, 2.45) is 5.92 Å². The van der Waals surface area contributed by atoms with Gasteiger partial charge in [-0.2, -0.15) is 0 Å². The van der Waals surface area contributed by atoms with Gasteiger partial charge >= 0.3 is 0 Å². The summed E-state index contributed by atoms with van der Waals surface area (Å²) in [6.45, 7) is 2.34. The van der Waals surface area contributed by atoms with Gasteiger partial charge in [-0.15, -0.1) is 0 Å². The molecule has 7 heteroatoms. The molecule has 3 unspecified atom stereocenters. The number of hydrogen-bond donors (Lipinski definition) is 1. The number of piperidine rings is 1. The first-order valence-corrected chi connectivity index (χ1v) is 8.99. The van der Waals surface area contributed by atoms with E-state index in [1.807, 2.05) is 11.9 Å². The second kappa shape index (κ2) is 5.14. The summed E-state index contributed by atoms with van der Waals surface area (Å²) in [4.78, 5) is 17.0. The van der Waals surface area contributed by atoms with E-state index >= 15 is 0 Å². The van der Waals surface area contributed by atoms with Gasteiger partial charge in [0.2, 0.25) is 5.91 Å².